The molecule has 0 aromatic heterocycles. The van der Waals surface area contributed by atoms with Crippen molar-refractivity contribution in [3.8, 4) is 0 Å². The van der Waals surface area contributed by atoms with E-state index in [2.05, 4.69) is 0 Å². The third-order valence-corrected chi connectivity index (χ3v) is 3.34. The first-order chi connectivity index (χ1) is 8.00. The number of hydrogen-bond donors (Lipinski definition) is 1. The van der Waals surface area contributed by atoms with Crippen LogP contribution in [0.4, 0.5) is 5.69 Å². The van der Waals surface area contributed by atoms with Crippen LogP contribution < -0.4 is 10.6 Å². The van der Waals surface area contributed by atoms with Gasteiger partial charge in [-0.1, -0.05) is 29.3 Å². The van der Waals surface area contributed by atoms with Crippen molar-refractivity contribution in [1.29, 1.82) is 0 Å². The van der Waals surface area contributed by atoms with Gasteiger partial charge in [0.1, 0.15) is 0 Å². The van der Waals surface area contributed by atoms with Gasteiger partial charge in [-0.25, -0.2) is 0 Å². The number of benzene rings is 1. The first-order valence-electron chi connectivity index (χ1n) is 5.04. The van der Waals surface area contributed by atoms with Crippen LogP contribution in [-0.4, -0.2) is 18.4 Å². The second-order valence-electron chi connectivity index (χ2n) is 3.88. The van der Waals surface area contributed by atoms with E-state index in [1.54, 1.807) is 18.2 Å². The summed E-state index contributed by atoms with van der Waals surface area (Å²) in [5.41, 5.74) is 5.64. The molecule has 0 bridgehead atoms. The van der Waals surface area contributed by atoms with E-state index in [0.717, 1.165) is 0 Å². The summed E-state index contributed by atoms with van der Waals surface area (Å²) in [5.74, 6) is -1.15. The molecule has 1 fully saturated rings. The van der Waals surface area contributed by atoms with Crippen molar-refractivity contribution in [3.63, 3.8) is 0 Å². The van der Waals surface area contributed by atoms with Crippen molar-refractivity contribution in [2.45, 2.75) is 6.42 Å². The standard InChI is InChI=1S/C11H10Cl2N2O2/c12-7-2-1-3-8(13)10(7)15-5-6(11(14)17)4-9(15)16/h1-3,6H,4-5H2,(H2,14,17). The Bertz CT molecular complexity index is 470. The molecule has 6 heteroatoms. The number of rotatable bonds is 2. The lowest BCUT2D eigenvalue weighted by Crippen LogP contribution is -2.28. The maximum Gasteiger partial charge on any atom is 0.227 e. The third-order valence-electron chi connectivity index (χ3n) is 2.73. The number of anilines is 1. The summed E-state index contributed by atoms with van der Waals surface area (Å²) in [5, 5.41) is 0.770. The Balaban J connectivity index is 2.35. The van der Waals surface area contributed by atoms with Crippen LogP contribution in [0.1, 0.15) is 6.42 Å². The van der Waals surface area contributed by atoms with Crippen LogP contribution in [0.5, 0.6) is 0 Å². The molecule has 90 valence electrons. The van der Waals surface area contributed by atoms with Crippen LogP contribution in [0.15, 0.2) is 18.2 Å². The van der Waals surface area contributed by atoms with Crippen molar-refractivity contribution >= 4 is 40.7 Å². The number of carbonyl (C=O) groups excluding carboxylic acids is 2. The second-order valence-corrected chi connectivity index (χ2v) is 4.69. The fourth-order valence-corrected chi connectivity index (χ4v) is 2.46. The maximum absolute atomic E-state index is 11.8. The molecule has 2 rings (SSSR count). The fraction of sp³-hybridized carbons (Fsp3) is 0.273. The van der Waals surface area contributed by atoms with Crippen molar-refractivity contribution in [3.05, 3.63) is 28.2 Å². The zero-order valence-corrected chi connectivity index (χ0v) is 10.3. The van der Waals surface area contributed by atoms with Crippen LogP contribution in [0.25, 0.3) is 0 Å². The smallest absolute Gasteiger partial charge is 0.227 e. The predicted octanol–water partition coefficient (Wildman–Crippen LogP) is 1.83. The molecule has 0 saturated carbocycles. The Morgan fingerprint density at radius 3 is 2.41 bits per heavy atom. The molecule has 0 aliphatic carbocycles. The lowest BCUT2D eigenvalue weighted by Gasteiger charge is -2.19. The molecule has 17 heavy (non-hydrogen) atoms. The van der Waals surface area contributed by atoms with Gasteiger partial charge >= 0.3 is 0 Å². The number of nitrogens with zero attached hydrogens (tertiary/aromatic N) is 1. The van der Waals surface area contributed by atoms with Crippen LogP contribution in [0.2, 0.25) is 10.0 Å². The maximum atomic E-state index is 11.8. The summed E-state index contributed by atoms with van der Waals surface area (Å²) in [6.07, 6.45) is 0.108. The van der Waals surface area contributed by atoms with Crippen LogP contribution in [0, 0.1) is 5.92 Å². The molecule has 0 radical (unpaired) electrons. The van der Waals surface area contributed by atoms with Gasteiger partial charge in [-0.3, -0.25) is 9.59 Å². The molecule has 0 spiro atoms. The van der Waals surface area contributed by atoms with Crippen molar-refractivity contribution in [2.24, 2.45) is 11.7 Å². The van der Waals surface area contributed by atoms with Gasteiger partial charge in [-0.2, -0.15) is 0 Å². The first kappa shape index (κ1) is 12.2. The minimum absolute atomic E-state index is 0.108. The van der Waals surface area contributed by atoms with E-state index in [-0.39, 0.29) is 18.9 Å². The predicted molar refractivity (Wildman–Crippen MR) is 66.1 cm³/mol. The summed E-state index contributed by atoms with van der Waals surface area (Å²) < 4.78 is 0. The summed E-state index contributed by atoms with van der Waals surface area (Å²) in [6, 6.07) is 4.99. The highest BCUT2D eigenvalue weighted by Gasteiger charge is 2.35. The van der Waals surface area contributed by atoms with Gasteiger partial charge in [0, 0.05) is 13.0 Å². The molecule has 2 N–H and O–H groups in total. The van der Waals surface area contributed by atoms with Gasteiger partial charge < -0.3 is 10.6 Å². The first-order valence-corrected chi connectivity index (χ1v) is 5.80. The Labute approximate surface area is 108 Å². The van der Waals surface area contributed by atoms with Crippen LogP contribution >= 0.6 is 23.2 Å². The Kier molecular flexibility index (Phi) is 3.26. The minimum atomic E-state index is -0.482. The highest BCUT2D eigenvalue weighted by molar-refractivity contribution is 6.40. The molecule has 1 heterocycles. The van der Waals surface area contributed by atoms with E-state index in [4.69, 9.17) is 28.9 Å². The number of amides is 2. The number of para-hydroxylation sites is 1. The summed E-state index contributed by atoms with van der Waals surface area (Å²) in [6.45, 7) is 0.234. The molecule has 1 aromatic rings. The third kappa shape index (κ3) is 2.23. The average Bonchev–Trinajstić information content (AvgIpc) is 2.61. The topological polar surface area (TPSA) is 63.4 Å². The van der Waals surface area contributed by atoms with Crippen molar-refractivity contribution in [2.75, 3.05) is 11.4 Å². The zero-order valence-electron chi connectivity index (χ0n) is 8.82. The normalized spacial score (nSPS) is 19.8. The van der Waals surface area contributed by atoms with Gasteiger partial charge in [0.25, 0.3) is 0 Å². The van der Waals surface area contributed by atoms with E-state index >= 15 is 0 Å². The number of nitrogens with two attached hydrogens (primary N) is 1. The van der Waals surface area contributed by atoms with E-state index in [1.165, 1.54) is 4.90 Å². The largest absolute Gasteiger partial charge is 0.369 e. The molecule has 1 atom stereocenters. The molecule has 1 unspecified atom stereocenters. The SMILES string of the molecule is NC(=O)C1CC(=O)N(c2c(Cl)cccc2Cl)C1. The molecule has 1 aliphatic heterocycles. The second kappa shape index (κ2) is 4.55. The molecule has 1 aromatic carbocycles. The molecule has 2 amide bonds. The number of carbonyl (C=O) groups is 2. The Morgan fingerprint density at radius 2 is 1.94 bits per heavy atom. The highest BCUT2D eigenvalue weighted by Crippen LogP contribution is 2.36. The quantitative estimate of drug-likeness (QED) is 0.893. The summed E-state index contributed by atoms with van der Waals surface area (Å²) in [7, 11) is 0. The van der Waals surface area contributed by atoms with Gasteiger partial charge in [0.2, 0.25) is 11.8 Å². The molecule has 1 saturated heterocycles. The number of halogens is 2. The molecular formula is C11H10Cl2N2O2. The van der Waals surface area contributed by atoms with E-state index in [0.29, 0.717) is 15.7 Å². The average molecular weight is 273 g/mol. The van der Waals surface area contributed by atoms with Gasteiger partial charge in [-0.15, -0.1) is 0 Å². The van der Waals surface area contributed by atoms with Crippen LogP contribution in [-0.2, 0) is 9.59 Å². The zero-order chi connectivity index (χ0) is 12.6. The van der Waals surface area contributed by atoms with Crippen molar-refractivity contribution in [1.82, 2.24) is 0 Å². The van der Waals surface area contributed by atoms with Gasteiger partial charge in [0.15, 0.2) is 0 Å². The lowest BCUT2D eigenvalue weighted by molar-refractivity contribution is -0.123. The summed E-state index contributed by atoms with van der Waals surface area (Å²) >= 11 is 12.0. The van der Waals surface area contributed by atoms with Gasteiger partial charge in [-0.05, 0) is 12.1 Å². The van der Waals surface area contributed by atoms with Crippen molar-refractivity contribution < 1.29 is 9.59 Å². The highest BCUT2D eigenvalue weighted by atomic mass is 35.5. The van der Waals surface area contributed by atoms with Gasteiger partial charge in [0.05, 0.1) is 21.7 Å². The molecule has 1 aliphatic rings. The Morgan fingerprint density at radius 1 is 1.35 bits per heavy atom. The lowest BCUT2D eigenvalue weighted by atomic mass is 10.1. The number of primary amides is 1. The molecule has 4 nitrogen and oxygen atoms in total. The molecular weight excluding hydrogens is 263 g/mol. The van der Waals surface area contributed by atoms with E-state index < -0.39 is 11.8 Å². The summed E-state index contributed by atoms with van der Waals surface area (Å²) in [4.78, 5) is 24.3. The number of hydrogen-bond acceptors (Lipinski definition) is 2. The van der Waals surface area contributed by atoms with E-state index in [1.807, 2.05) is 0 Å². The Hall–Kier alpha value is -1.26. The van der Waals surface area contributed by atoms with E-state index in [9.17, 15) is 9.59 Å². The monoisotopic (exact) mass is 272 g/mol. The van der Waals surface area contributed by atoms with Crippen LogP contribution in [0.3, 0.4) is 0 Å². The fourth-order valence-electron chi connectivity index (χ4n) is 1.86. The minimum Gasteiger partial charge on any atom is -0.369 e.